The molecule has 1 N–H and O–H groups in total. The number of piperidine rings is 1. The van der Waals surface area contributed by atoms with Crippen LogP contribution >= 0.6 is 0 Å². The van der Waals surface area contributed by atoms with E-state index in [1.807, 2.05) is 35.2 Å². The molecule has 0 bridgehead atoms. The van der Waals surface area contributed by atoms with Crippen LogP contribution in [0.25, 0.3) is 0 Å². The van der Waals surface area contributed by atoms with Gasteiger partial charge in [0.15, 0.2) is 0 Å². The van der Waals surface area contributed by atoms with E-state index in [9.17, 15) is 9.59 Å². The van der Waals surface area contributed by atoms with E-state index >= 15 is 0 Å². The molecule has 0 aromatic heterocycles. The van der Waals surface area contributed by atoms with Crippen LogP contribution in [0.5, 0.6) is 0 Å². The minimum atomic E-state index is -0.0861. The molecule has 2 aliphatic rings. The van der Waals surface area contributed by atoms with Crippen molar-refractivity contribution in [1.29, 1.82) is 0 Å². The number of hydrogen-bond acceptors (Lipinski definition) is 2. The number of amides is 2. The SMILES string of the molecule is CC1CC1C(=O)N1CCCC(C(=O)Nc2ccccc2)C1. The molecule has 2 amide bonds. The zero-order chi connectivity index (χ0) is 14.8. The van der Waals surface area contributed by atoms with Crippen LogP contribution in [-0.2, 0) is 9.59 Å². The second kappa shape index (κ2) is 5.88. The van der Waals surface area contributed by atoms with E-state index in [4.69, 9.17) is 0 Å². The van der Waals surface area contributed by atoms with Gasteiger partial charge < -0.3 is 10.2 Å². The van der Waals surface area contributed by atoms with Gasteiger partial charge in [0.1, 0.15) is 0 Å². The van der Waals surface area contributed by atoms with Crippen LogP contribution in [0.15, 0.2) is 30.3 Å². The van der Waals surface area contributed by atoms with Gasteiger partial charge in [0, 0.05) is 24.7 Å². The largest absolute Gasteiger partial charge is 0.342 e. The molecule has 1 aliphatic heterocycles. The molecule has 1 aromatic rings. The van der Waals surface area contributed by atoms with E-state index in [0.29, 0.717) is 12.5 Å². The number of anilines is 1. The van der Waals surface area contributed by atoms with Crippen molar-refractivity contribution < 1.29 is 9.59 Å². The van der Waals surface area contributed by atoms with Crippen molar-refractivity contribution in [3.05, 3.63) is 30.3 Å². The maximum Gasteiger partial charge on any atom is 0.229 e. The van der Waals surface area contributed by atoms with Crippen molar-refractivity contribution in [3.8, 4) is 0 Å². The van der Waals surface area contributed by atoms with E-state index in [2.05, 4.69) is 12.2 Å². The van der Waals surface area contributed by atoms with Crippen molar-refractivity contribution in [2.24, 2.45) is 17.8 Å². The number of hydrogen-bond donors (Lipinski definition) is 1. The fourth-order valence-corrected chi connectivity index (χ4v) is 3.06. The number of nitrogens with zero attached hydrogens (tertiary/aromatic N) is 1. The third-order valence-electron chi connectivity index (χ3n) is 4.57. The highest BCUT2D eigenvalue weighted by atomic mass is 16.2. The Labute approximate surface area is 125 Å². The molecule has 0 spiro atoms. The molecule has 1 aliphatic carbocycles. The molecule has 2 fully saturated rings. The molecule has 112 valence electrons. The van der Waals surface area contributed by atoms with Crippen molar-refractivity contribution in [3.63, 3.8) is 0 Å². The van der Waals surface area contributed by atoms with Crippen molar-refractivity contribution in [2.45, 2.75) is 26.2 Å². The Hall–Kier alpha value is -1.84. The maximum atomic E-state index is 12.3. The van der Waals surface area contributed by atoms with Crippen LogP contribution in [0, 0.1) is 17.8 Å². The molecule has 1 heterocycles. The first-order chi connectivity index (χ1) is 10.1. The normalized spacial score (nSPS) is 28.0. The number of likely N-dealkylation sites (tertiary alicyclic amines) is 1. The maximum absolute atomic E-state index is 12.3. The van der Waals surface area contributed by atoms with Crippen LogP contribution in [0.2, 0.25) is 0 Å². The van der Waals surface area contributed by atoms with E-state index < -0.39 is 0 Å². The molecule has 1 aromatic carbocycles. The van der Waals surface area contributed by atoms with E-state index in [1.54, 1.807) is 0 Å². The summed E-state index contributed by atoms with van der Waals surface area (Å²) in [6.07, 6.45) is 2.79. The van der Waals surface area contributed by atoms with Gasteiger partial charge in [0.2, 0.25) is 11.8 Å². The molecule has 1 saturated carbocycles. The number of carbonyl (C=O) groups is 2. The number of carbonyl (C=O) groups excluding carboxylic acids is 2. The Morgan fingerprint density at radius 3 is 2.62 bits per heavy atom. The average molecular weight is 286 g/mol. The lowest BCUT2D eigenvalue weighted by atomic mass is 9.96. The number of nitrogens with one attached hydrogen (secondary N) is 1. The lowest BCUT2D eigenvalue weighted by Crippen LogP contribution is -2.44. The van der Waals surface area contributed by atoms with Crippen molar-refractivity contribution >= 4 is 17.5 Å². The topological polar surface area (TPSA) is 49.4 Å². The predicted octanol–water partition coefficient (Wildman–Crippen LogP) is 2.52. The summed E-state index contributed by atoms with van der Waals surface area (Å²) in [6, 6.07) is 9.50. The Kier molecular flexibility index (Phi) is 3.95. The first-order valence-corrected chi connectivity index (χ1v) is 7.80. The minimum Gasteiger partial charge on any atom is -0.342 e. The van der Waals surface area contributed by atoms with Crippen LogP contribution < -0.4 is 5.32 Å². The van der Waals surface area contributed by atoms with Gasteiger partial charge in [-0.1, -0.05) is 25.1 Å². The molecular formula is C17H22N2O2. The summed E-state index contributed by atoms with van der Waals surface area (Å²) >= 11 is 0. The second-order valence-electron chi connectivity index (χ2n) is 6.30. The standard InChI is InChI=1S/C17H22N2O2/c1-12-10-15(12)17(21)19-9-5-6-13(11-19)16(20)18-14-7-3-2-4-8-14/h2-4,7-8,12-13,15H,5-6,9-11H2,1H3,(H,18,20). The molecule has 4 heteroatoms. The number of benzene rings is 1. The van der Waals surface area contributed by atoms with Crippen LogP contribution in [0.1, 0.15) is 26.2 Å². The smallest absolute Gasteiger partial charge is 0.229 e. The Bertz CT molecular complexity index is 529. The zero-order valence-corrected chi connectivity index (χ0v) is 12.4. The van der Waals surface area contributed by atoms with E-state index in [1.165, 1.54) is 0 Å². The van der Waals surface area contributed by atoms with Gasteiger partial charge in [0.05, 0.1) is 5.92 Å². The molecule has 0 radical (unpaired) electrons. The Balaban J connectivity index is 1.58. The summed E-state index contributed by atoms with van der Waals surface area (Å²) in [5.74, 6) is 0.927. The zero-order valence-electron chi connectivity index (χ0n) is 12.4. The van der Waals surface area contributed by atoms with Gasteiger partial charge in [-0.05, 0) is 37.3 Å². The Morgan fingerprint density at radius 2 is 1.95 bits per heavy atom. The van der Waals surface area contributed by atoms with Crippen LogP contribution in [0.4, 0.5) is 5.69 Å². The number of rotatable bonds is 3. The fourth-order valence-electron chi connectivity index (χ4n) is 3.06. The third kappa shape index (κ3) is 3.26. The first-order valence-electron chi connectivity index (χ1n) is 7.80. The third-order valence-corrected chi connectivity index (χ3v) is 4.57. The van der Waals surface area contributed by atoms with E-state index in [0.717, 1.165) is 31.5 Å². The fraction of sp³-hybridized carbons (Fsp3) is 0.529. The lowest BCUT2D eigenvalue weighted by Gasteiger charge is -2.32. The summed E-state index contributed by atoms with van der Waals surface area (Å²) < 4.78 is 0. The highest BCUT2D eigenvalue weighted by Gasteiger charge is 2.42. The molecule has 1 saturated heterocycles. The monoisotopic (exact) mass is 286 g/mol. The van der Waals surface area contributed by atoms with Gasteiger partial charge in [-0.2, -0.15) is 0 Å². The molecule has 21 heavy (non-hydrogen) atoms. The molecule has 3 rings (SSSR count). The van der Waals surface area contributed by atoms with Gasteiger partial charge in [0.25, 0.3) is 0 Å². The number of para-hydroxylation sites is 1. The molecule has 3 unspecified atom stereocenters. The molecule has 3 atom stereocenters. The first kappa shape index (κ1) is 14.1. The summed E-state index contributed by atoms with van der Waals surface area (Å²) in [7, 11) is 0. The molecular weight excluding hydrogens is 264 g/mol. The highest BCUT2D eigenvalue weighted by Crippen LogP contribution is 2.39. The minimum absolute atomic E-state index is 0.0301. The lowest BCUT2D eigenvalue weighted by molar-refractivity contribution is -0.136. The van der Waals surface area contributed by atoms with Crippen molar-refractivity contribution in [1.82, 2.24) is 4.90 Å². The van der Waals surface area contributed by atoms with Crippen molar-refractivity contribution in [2.75, 3.05) is 18.4 Å². The van der Waals surface area contributed by atoms with E-state index in [-0.39, 0.29) is 23.7 Å². The van der Waals surface area contributed by atoms with Gasteiger partial charge in [-0.25, -0.2) is 0 Å². The Morgan fingerprint density at radius 1 is 1.24 bits per heavy atom. The predicted molar refractivity (Wildman–Crippen MR) is 81.6 cm³/mol. The second-order valence-corrected chi connectivity index (χ2v) is 6.30. The van der Waals surface area contributed by atoms with Crippen LogP contribution in [-0.4, -0.2) is 29.8 Å². The van der Waals surface area contributed by atoms with Crippen LogP contribution in [0.3, 0.4) is 0 Å². The van der Waals surface area contributed by atoms with Gasteiger partial charge in [-0.3, -0.25) is 9.59 Å². The average Bonchev–Trinajstić information content (AvgIpc) is 3.24. The highest BCUT2D eigenvalue weighted by molar-refractivity contribution is 5.93. The summed E-state index contributed by atoms with van der Waals surface area (Å²) in [4.78, 5) is 26.5. The summed E-state index contributed by atoms with van der Waals surface area (Å²) in [5, 5.41) is 2.95. The summed E-state index contributed by atoms with van der Waals surface area (Å²) in [6.45, 7) is 3.49. The summed E-state index contributed by atoms with van der Waals surface area (Å²) in [5.41, 5.74) is 0.821. The quantitative estimate of drug-likeness (QED) is 0.928. The van der Waals surface area contributed by atoms with Gasteiger partial charge in [-0.15, -0.1) is 0 Å². The van der Waals surface area contributed by atoms with Gasteiger partial charge >= 0.3 is 0 Å². The molecule has 4 nitrogen and oxygen atoms in total.